The third kappa shape index (κ3) is 4.06. The van der Waals surface area contributed by atoms with Gasteiger partial charge in [-0.15, -0.1) is 5.10 Å². The molecule has 8 heteroatoms. The topological polar surface area (TPSA) is 98.5 Å². The van der Waals surface area contributed by atoms with Crippen molar-refractivity contribution in [3.63, 3.8) is 0 Å². The van der Waals surface area contributed by atoms with Gasteiger partial charge in [-0.1, -0.05) is 5.21 Å². The zero-order valence-corrected chi connectivity index (χ0v) is 10.5. The molecule has 1 atom stereocenters. The van der Waals surface area contributed by atoms with Crippen LogP contribution >= 0.6 is 0 Å². The smallest absolute Gasteiger partial charge is 0.329 e. The average Bonchev–Trinajstić information content (AvgIpc) is 2.83. The van der Waals surface area contributed by atoms with Crippen LogP contribution in [-0.2, 0) is 20.8 Å². The molecule has 1 aromatic rings. The van der Waals surface area contributed by atoms with Crippen molar-refractivity contribution in [2.24, 2.45) is 0 Å². The average molecular weight is 258 g/mol. The van der Waals surface area contributed by atoms with Gasteiger partial charge < -0.3 is 14.6 Å². The number of hydrogen-bond donors (Lipinski definition) is 2. The molecule has 0 bridgehead atoms. The van der Waals surface area contributed by atoms with Gasteiger partial charge in [-0.05, 0) is 0 Å². The lowest BCUT2D eigenvalue weighted by molar-refractivity contribution is -0.143. The van der Waals surface area contributed by atoms with Crippen LogP contribution in [0.15, 0.2) is 6.20 Å². The Balaban J connectivity index is 2.70. The lowest BCUT2D eigenvalue weighted by Gasteiger charge is -2.13. The summed E-state index contributed by atoms with van der Waals surface area (Å²) in [5, 5.41) is 19.4. The van der Waals surface area contributed by atoms with E-state index >= 15 is 0 Å². The van der Waals surface area contributed by atoms with Gasteiger partial charge in [0.25, 0.3) is 0 Å². The first-order valence-corrected chi connectivity index (χ1v) is 5.54. The van der Waals surface area contributed by atoms with Gasteiger partial charge in [0.15, 0.2) is 6.04 Å². The lowest BCUT2D eigenvalue weighted by atomic mass is 10.2. The molecule has 1 aromatic heterocycles. The number of rotatable bonds is 8. The standard InChI is InChI=1S/C10H18N4O4/c1-17-6-3-11-9(10(16)18-2)8-7-14(4-5-15)13-12-8/h7,9,11,15H,3-6H2,1-2H3. The number of carbonyl (C=O) groups is 1. The molecule has 0 spiro atoms. The largest absolute Gasteiger partial charge is 0.468 e. The van der Waals surface area contributed by atoms with Crippen LogP contribution in [0.4, 0.5) is 0 Å². The van der Waals surface area contributed by atoms with Crippen LogP contribution in [0, 0.1) is 0 Å². The summed E-state index contributed by atoms with van der Waals surface area (Å²) < 4.78 is 11.1. The van der Waals surface area contributed by atoms with Gasteiger partial charge in [-0.25, -0.2) is 9.48 Å². The highest BCUT2D eigenvalue weighted by atomic mass is 16.5. The molecule has 0 radical (unpaired) electrons. The number of ether oxygens (including phenoxy) is 2. The van der Waals surface area contributed by atoms with Gasteiger partial charge in [-0.3, -0.25) is 5.32 Å². The Labute approximate surface area is 105 Å². The summed E-state index contributed by atoms with van der Waals surface area (Å²) in [5.41, 5.74) is 0.450. The highest BCUT2D eigenvalue weighted by Gasteiger charge is 2.23. The van der Waals surface area contributed by atoms with E-state index in [4.69, 9.17) is 14.6 Å². The summed E-state index contributed by atoms with van der Waals surface area (Å²) in [6.45, 7) is 1.25. The number of aromatic nitrogens is 3. The number of esters is 1. The third-order valence-corrected chi connectivity index (χ3v) is 2.27. The number of nitrogens with one attached hydrogen (secondary N) is 1. The van der Waals surface area contributed by atoms with Crippen LogP contribution in [0.2, 0.25) is 0 Å². The Morgan fingerprint density at radius 2 is 2.39 bits per heavy atom. The second kappa shape index (κ2) is 7.75. The van der Waals surface area contributed by atoms with E-state index in [0.29, 0.717) is 25.4 Å². The Morgan fingerprint density at radius 1 is 1.61 bits per heavy atom. The van der Waals surface area contributed by atoms with Crippen molar-refractivity contribution in [1.82, 2.24) is 20.3 Å². The molecule has 2 N–H and O–H groups in total. The first-order chi connectivity index (χ1) is 8.72. The first-order valence-electron chi connectivity index (χ1n) is 5.54. The molecular weight excluding hydrogens is 240 g/mol. The van der Waals surface area contributed by atoms with Crippen LogP contribution in [0.25, 0.3) is 0 Å². The number of aliphatic hydroxyl groups is 1. The van der Waals surface area contributed by atoms with E-state index in [1.807, 2.05) is 0 Å². The lowest BCUT2D eigenvalue weighted by Crippen LogP contribution is -2.32. The molecule has 1 heterocycles. The fourth-order valence-electron chi connectivity index (χ4n) is 1.39. The predicted octanol–water partition coefficient (Wildman–Crippen LogP) is -1.28. The maximum absolute atomic E-state index is 11.6. The second-order valence-electron chi connectivity index (χ2n) is 3.53. The maximum atomic E-state index is 11.6. The van der Waals surface area contributed by atoms with Crippen molar-refractivity contribution in [2.75, 3.05) is 34.0 Å². The van der Waals surface area contributed by atoms with E-state index in [1.54, 1.807) is 13.3 Å². The molecule has 0 saturated heterocycles. The van der Waals surface area contributed by atoms with Gasteiger partial charge in [0.1, 0.15) is 5.69 Å². The Morgan fingerprint density at radius 3 is 3.00 bits per heavy atom. The van der Waals surface area contributed by atoms with Crippen molar-refractivity contribution in [2.45, 2.75) is 12.6 Å². The van der Waals surface area contributed by atoms with Crippen molar-refractivity contribution in [3.05, 3.63) is 11.9 Å². The van der Waals surface area contributed by atoms with Gasteiger partial charge in [0.2, 0.25) is 0 Å². The number of methoxy groups -OCH3 is 2. The van der Waals surface area contributed by atoms with E-state index in [-0.39, 0.29) is 6.61 Å². The first kappa shape index (κ1) is 14.6. The molecule has 0 aliphatic heterocycles. The van der Waals surface area contributed by atoms with E-state index in [0.717, 1.165) is 0 Å². The van der Waals surface area contributed by atoms with Crippen molar-refractivity contribution < 1.29 is 19.4 Å². The number of aliphatic hydroxyl groups excluding tert-OH is 1. The SMILES string of the molecule is COCCNC(C(=O)OC)c1cn(CCO)nn1. The van der Waals surface area contributed by atoms with Crippen LogP contribution in [0.3, 0.4) is 0 Å². The summed E-state index contributed by atoms with van der Waals surface area (Å²) in [6, 6.07) is -0.683. The van der Waals surface area contributed by atoms with E-state index in [2.05, 4.69) is 15.6 Å². The van der Waals surface area contributed by atoms with Crippen molar-refractivity contribution in [3.8, 4) is 0 Å². The highest BCUT2D eigenvalue weighted by molar-refractivity contribution is 5.76. The third-order valence-electron chi connectivity index (χ3n) is 2.27. The highest BCUT2D eigenvalue weighted by Crippen LogP contribution is 2.10. The van der Waals surface area contributed by atoms with Gasteiger partial charge in [-0.2, -0.15) is 0 Å². The summed E-state index contributed by atoms with van der Waals surface area (Å²) >= 11 is 0. The molecule has 1 rings (SSSR count). The molecule has 0 fully saturated rings. The summed E-state index contributed by atoms with van der Waals surface area (Å²) in [5.74, 6) is -0.442. The molecular formula is C10H18N4O4. The summed E-state index contributed by atoms with van der Waals surface area (Å²) in [6.07, 6.45) is 1.59. The minimum atomic E-state index is -0.683. The van der Waals surface area contributed by atoms with Crippen molar-refractivity contribution in [1.29, 1.82) is 0 Å². The number of hydrogen-bond acceptors (Lipinski definition) is 7. The van der Waals surface area contributed by atoms with E-state index in [9.17, 15) is 4.79 Å². The zero-order chi connectivity index (χ0) is 13.4. The van der Waals surface area contributed by atoms with Crippen LogP contribution in [0.5, 0.6) is 0 Å². The maximum Gasteiger partial charge on any atom is 0.329 e. The molecule has 0 aliphatic rings. The quantitative estimate of drug-likeness (QED) is 0.442. The van der Waals surface area contributed by atoms with Gasteiger partial charge >= 0.3 is 5.97 Å². The molecule has 0 aliphatic carbocycles. The minimum absolute atomic E-state index is 0.0389. The van der Waals surface area contributed by atoms with Gasteiger partial charge in [0, 0.05) is 13.7 Å². The van der Waals surface area contributed by atoms with Crippen LogP contribution < -0.4 is 5.32 Å². The fourth-order valence-corrected chi connectivity index (χ4v) is 1.39. The Kier molecular flexibility index (Phi) is 6.26. The van der Waals surface area contributed by atoms with E-state index < -0.39 is 12.0 Å². The molecule has 102 valence electrons. The van der Waals surface area contributed by atoms with E-state index in [1.165, 1.54) is 11.8 Å². The fraction of sp³-hybridized carbons (Fsp3) is 0.700. The monoisotopic (exact) mass is 258 g/mol. The van der Waals surface area contributed by atoms with Crippen molar-refractivity contribution >= 4 is 5.97 Å². The summed E-state index contributed by atoms with van der Waals surface area (Å²) in [4.78, 5) is 11.6. The minimum Gasteiger partial charge on any atom is -0.468 e. The Hall–Kier alpha value is -1.51. The molecule has 0 aromatic carbocycles. The molecule has 18 heavy (non-hydrogen) atoms. The molecule has 1 unspecified atom stereocenters. The number of carbonyl (C=O) groups excluding carboxylic acids is 1. The Bertz CT molecular complexity index is 369. The summed E-state index contributed by atoms with van der Waals surface area (Å²) in [7, 11) is 2.89. The van der Waals surface area contributed by atoms with Gasteiger partial charge in [0.05, 0.1) is 33.1 Å². The normalized spacial score (nSPS) is 12.4. The predicted molar refractivity (Wildman–Crippen MR) is 61.7 cm³/mol. The number of nitrogens with zero attached hydrogens (tertiary/aromatic N) is 3. The van der Waals surface area contributed by atoms with Crippen LogP contribution in [0.1, 0.15) is 11.7 Å². The van der Waals surface area contributed by atoms with Crippen LogP contribution in [-0.4, -0.2) is 60.0 Å². The second-order valence-corrected chi connectivity index (χ2v) is 3.53. The molecule has 0 amide bonds. The molecule has 8 nitrogen and oxygen atoms in total. The zero-order valence-electron chi connectivity index (χ0n) is 10.5. The molecule has 0 saturated carbocycles.